The van der Waals surface area contributed by atoms with Crippen molar-refractivity contribution in [3.63, 3.8) is 0 Å². The summed E-state index contributed by atoms with van der Waals surface area (Å²) in [6, 6.07) is 6.33. The van der Waals surface area contributed by atoms with E-state index < -0.39 is 0 Å². The van der Waals surface area contributed by atoms with Gasteiger partial charge in [0, 0.05) is 29.8 Å². The van der Waals surface area contributed by atoms with Crippen LogP contribution in [0, 0.1) is 13.8 Å². The van der Waals surface area contributed by atoms with Gasteiger partial charge in [-0.25, -0.2) is 0 Å². The van der Waals surface area contributed by atoms with Gasteiger partial charge in [-0.3, -0.25) is 9.48 Å². The van der Waals surface area contributed by atoms with Gasteiger partial charge in [0.05, 0.1) is 10.7 Å². The van der Waals surface area contributed by atoms with Crippen molar-refractivity contribution < 1.29 is 4.79 Å². The first-order valence-electron chi connectivity index (χ1n) is 7.56. The fraction of sp³-hybridized carbons (Fsp3) is 0.294. The molecule has 23 heavy (non-hydrogen) atoms. The van der Waals surface area contributed by atoms with Crippen molar-refractivity contribution >= 4 is 28.4 Å². The molecule has 2 heterocycles. The van der Waals surface area contributed by atoms with Crippen molar-refractivity contribution in [3.8, 4) is 0 Å². The number of fused-ring (bicyclic) bond motifs is 1. The zero-order chi connectivity index (χ0) is 16.4. The van der Waals surface area contributed by atoms with E-state index in [4.69, 9.17) is 11.6 Å². The van der Waals surface area contributed by atoms with Gasteiger partial charge in [0.2, 0.25) is 5.91 Å². The molecule has 3 aromatic rings. The lowest BCUT2D eigenvalue weighted by molar-refractivity contribution is -0.121. The maximum atomic E-state index is 12.0. The Bertz CT molecular complexity index is 830. The van der Waals surface area contributed by atoms with Crippen LogP contribution in [0.25, 0.3) is 10.9 Å². The SMILES string of the molecule is Cc1ccc2[nH]cc(CCNC(=O)Cn3cc(Cl)c(C)n3)c2c1. The molecule has 2 N–H and O–H groups in total. The number of aryl methyl sites for hydroxylation is 2. The molecule has 0 aliphatic carbocycles. The van der Waals surface area contributed by atoms with Crippen LogP contribution in [0.4, 0.5) is 0 Å². The minimum absolute atomic E-state index is 0.0693. The summed E-state index contributed by atoms with van der Waals surface area (Å²) in [4.78, 5) is 15.2. The molecule has 0 radical (unpaired) electrons. The maximum Gasteiger partial charge on any atom is 0.241 e. The smallest absolute Gasteiger partial charge is 0.241 e. The molecule has 2 aromatic heterocycles. The van der Waals surface area contributed by atoms with Crippen LogP contribution in [0.5, 0.6) is 0 Å². The van der Waals surface area contributed by atoms with Gasteiger partial charge in [-0.15, -0.1) is 0 Å². The average molecular weight is 331 g/mol. The van der Waals surface area contributed by atoms with Gasteiger partial charge in [0.15, 0.2) is 0 Å². The van der Waals surface area contributed by atoms with Crippen LogP contribution in [0.1, 0.15) is 16.8 Å². The number of rotatable bonds is 5. The standard InChI is InChI=1S/C17H19ClN4O/c1-11-3-4-16-14(7-11)13(8-20-16)5-6-19-17(23)10-22-9-15(18)12(2)21-22/h3-4,7-9,20H,5-6,10H2,1-2H3,(H,19,23). The van der Waals surface area contributed by atoms with Crippen molar-refractivity contribution in [2.45, 2.75) is 26.8 Å². The lowest BCUT2D eigenvalue weighted by atomic mass is 10.1. The predicted octanol–water partition coefficient (Wildman–Crippen LogP) is 2.99. The number of hydrogen-bond acceptors (Lipinski definition) is 2. The number of amides is 1. The Kier molecular flexibility index (Phi) is 4.39. The number of hydrogen-bond donors (Lipinski definition) is 2. The summed E-state index contributed by atoms with van der Waals surface area (Å²) < 4.78 is 1.56. The fourth-order valence-corrected chi connectivity index (χ4v) is 2.76. The molecule has 0 atom stereocenters. The van der Waals surface area contributed by atoms with Crippen LogP contribution in [-0.4, -0.2) is 27.2 Å². The maximum absolute atomic E-state index is 12.0. The third-order valence-electron chi connectivity index (χ3n) is 3.83. The number of nitrogens with zero attached hydrogens (tertiary/aromatic N) is 2. The summed E-state index contributed by atoms with van der Waals surface area (Å²) in [6.07, 6.45) is 4.46. The van der Waals surface area contributed by atoms with Gasteiger partial charge >= 0.3 is 0 Å². The van der Waals surface area contributed by atoms with Crippen molar-refractivity contribution in [2.24, 2.45) is 0 Å². The number of carbonyl (C=O) groups excluding carboxylic acids is 1. The molecule has 1 amide bonds. The van der Waals surface area contributed by atoms with E-state index in [0.29, 0.717) is 11.6 Å². The van der Waals surface area contributed by atoms with E-state index in [1.807, 2.05) is 13.1 Å². The number of halogens is 1. The third-order valence-corrected chi connectivity index (χ3v) is 4.20. The molecule has 1 aromatic carbocycles. The summed E-state index contributed by atoms with van der Waals surface area (Å²) in [5.74, 6) is -0.0693. The lowest BCUT2D eigenvalue weighted by Crippen LogP contribution is -2.29. The molecule has 5 nitrogen and oxygen atoms in total. The van der Waals surface area contributed by atoms with Gasteiger partial charge in [0.1, 0.15) is 6.54 Å². The van der Waals surface area contributed by atoms with Crippen LogP contribution in [0.2, 0.25) is 5.02 Å². The lowest BCUT2D eigenvalue weighted by Gasteiger charge is -2.05. The highest BCUT2D eigenvalue weighted by Gasteiger charge is 2.08. The highest BCUT2D eigenvalue weighted by molar-refractivity contribution is 6.31. The monoisotopic (exact) mass is 330 g/mol. The first-order valence-corrected chi connectivity index (χ1v) is 7.93. The van der Waals surface area contributed by atoms with E-state index in [9.17, 15) is 4.79 Å². The normalized spacial score (nSPS) is 11.1. The van der Waals surface area contributed by atoms with E-state index in [1.54, 1.807) is 10.9 Å². The van der Waals surface area contributed by atoms with E-state index in [-0.39, 0.29) is 12.5 Å². The fourth-order valence-electron chi connectivity index (χ4n) is 2.61. The van der Waals surface area contributed by atoms with Crippen molar-refractivity contribution in [2.75, 3.05) is 6.54 Å². The summed E-state index contributed by atoms with van der Waals surface area (Å²) in [5.41, 5.74) is 4.29. The molecule has 0 spiro atoms. The molecular weight excluding hydrogens is 312 g/mol. The second-order valence-corrected chi connectivity index (χ2v) is 6.13. The predicted molar refractivity (Wildman–Crippen MR) is 91.7 cm³/mol. The minimum atomic E-state index is -0.0693. The number of carbonyl (C=O) groups is 1. The molecule has 3 rings (SSSR count). The van der Waals surface area contributed by atoms with E-state index in [0.717, 1.165) is 17.6 Å². The van der Waals surface area contributed by atoms with Gasteiger partial charge in [-0.05, 0) is 38.0 Å². The second kappa shape index (κ2) is 6.46. The zero-order valence-corrected chi connectivity index (χ0v) is 13.9. The molecule has 0 saturated heterocycles. The number of benzene rings is 1. The van der Waals surface area contributed by atoms with Crippen LogP contribution < -0.4 is 5.32 Å². The van der Waals surface area contributed by atoms with E-state index >= 15 is 0 Å². The average Bonchev–Trinajstić information content (AvgIpc) is 3.03. The first-order chi connectivity index (χ1) is 11.0. The first kappa shape index (κ1) is 15.6. The van der Waals surface area contributed by atoms with Crippen LogP contribution in [0.3, 0.4) is 0 Å². The Morgan fingerprint density at radius 3 is 2.96 bits per heavy atom. The topological polar surface area (TPSA) is 62.7 Å². The molecular formula is C17H19ClN4O. The van der Waals surface area contributed by atoms with Gasteiger partial charge in [0.25, 0.3) is 0 Å². The Hall–Kier alpha value is -2.27. The molecule has 0 fully saturated rings. The number of aromatic nitrogens is 3. The second-order valence-electron chi connectivity index (χ2n) is 5.72. The Labute approximate surface area is 139 Å². The Balaban J connectivity index is 1.56. The Morgan fingerprint density at radius 2 is 2.22 bits per heavy atom. The van der Waals surface area contributed by atoms with Gasteiger partial charge in [-0.1, -0.05) is 23.2 Å². The van der Waals surface area contributed by atoms with Crippen LogP contribution in [-0.2, 0) is 17.8 Å². The van der Waals surface area contributed by atoms with E-state index in [1.165, 1.54) is 16.5 Å². The molecule has 0 aliphatic rings. The minimum Gasteiger partial charge on any atom is -0.361 e. The van der Waals surface area contributed by atoms with Crippen molar-refractivity contribution in [3.05, 3.63) is 52.4 Å². The van der Waals surface area contributed by atoms with Gasteiger partial charge in [-0.2, -0.15) is 5.10 Å². The summed E-state index contributed by atoms with van der Waals surface area (Å²) in [6.45, 7) is 4.67. The van der Waals surface area contributed by atoms with Crippen LogP contribution >= 0.6 is 11.6 Å². The molecule has 120 valence electrons. The number of H-pyrrole nitrogens is 1. The Morgan fingerprint density at radius 1 is 1.39 bits per heavy atom. The number of nitrogens with one attached hydrogen (secondary N) is 2. The molecule has 0 aliphatic heterocycles. The zero-order valence-electron chi connectivity index (χ0n) is 13.2. The van der Waals surface area contributed by atoms with Crippen molar-refractivity contribution in [1.29, 1.82) is 0 Å². The van der Waals surface area contributed by atoms with Gasteiger partial charge < -0.3 is 10.3 Å². The molecule has 6 heteroatoms. The molecule has 0 unspecified atom stereocenters. The molecule has 0 bridgehead atoms. The molecule has 0 saturated carbocycles. The largest absolute Gasteiger partial charge is 0.361 e. The quantitative estimate of drug-likeness (QED) is 0.755. The number of aromatic amines is 1. The third kappa shape index (κ3) is 3.56. The summed E-state index contributed by atoms with van der Waals surface area (Å²) in [7, 11) is 0. The highest BCUT2D eigenvalue weighted by Crippen LogP contribution is 2.19. The summed E-state index contributed by atoms with van der Waals surface area (Å²) in [5, 5.41) is 8.89. The highest BCUT2D eigenvalue weighted by atomic mass is 35.5. The summed E-state index contributed by atoms with van der Waals surface area (Å²) >= 11 is 5.93. The van der Waals surface area contributed by atoms with E-state index in [2.05, 4.69) is 40.5 Å². The van der Waals surface area contributed by atoms with Crippen molar-refractivity contribution in [1.82, 2.24) is 20.1 Å². The van der Waals surface area contributed by atoms with Crippen LogP contribution in [0.15, 0.2) is 30.6 Å².